The molecule has 10 heteroatoms. The van der Waals surface area contributed by atoms with E-state index >= 15 is 0 Å². The number of ether oxygens (including phenoxy) is 2. The highest BCUT2D eigenvalue weighted by molar-refractivity contribution is 9.10. The van der Waals surface area contributed by atoms with Gasteiger partial charge in [-0.2, -0.15) is 4.31 Å². The van der Waals surface area contributed by atoms with Crippen molar-refractivity contribution in [2.24, 2.45) is 0 Å². The summed E-state index contributed by atoms with van der Waals surface area (Å²) in [5.41, 5.74) is 0.979. The van der Waals surface area contributed by atoms with Crippen molar-refractivity contribution < 1.29 is 22.7 Å². The maximum atomic E-state index is 13.0. The van der Waals surface area contributed by atoms with Crippen molar-refractivity contribution >= 4 is 32.0 Å². The second kappa shape index (κ2) is 9.67. The van der Waals surface area contributed by atoms with E-state index in [4.69, 9.17) is 9.47 Å². The lowest BCUT2D eigenvalue weighted by Gasteiger charge is -2.34. The van der Waals surface area contributed by atoms with Gasteiger partial charge in [0.1, 0.15) is 0 Å². The molecule has 1 fully saturated rings. The van der Waals surface area contributed by atoms with Gasteiger partial charge in [0.15, 0.2) is 11.5 Å². The zero-order chi connectivity index (χ0) is 21.7. The molecule has 1 N–H and O–H groups in total. The van der Waals surface area contributed by atoms with Gasteiger partial charge in [-0.05, 0) is 29.8 Å². The second-order valence-corrected chi connectivity index (χ2v) is 9.55. The van der Waals surface area contributed by atoms with Crippen molar-refractivity contribution in [2.45, 2.75) is 11.4 Å². The molecular weight excluding hydrogens is 474 g/mol. The molecule has 0 bridgehead atoms. The number of carbonyl (C=O) groups excluding carboxylic acids is 1. The molecule has 3 rings (SSSR count). The maximum absolute atomic E-state index is 13.0. The molecular formula is C20H24BrN3O5S. The van der Waals surface area contributed by atoms with Gasteiger partial charge in [-0.15, -0.1) is 0 Å². The molecule has 0 unspecified atom stereocenters. The molecule has 0 aliphatic carbocycles. The van der Waals surface area contributed by atoms with Gasteiger partial charge >= 0.3 is 6.03 Å². The smallest absolute Gasteiger partial charge is 0.317 e. The van der Waals surface area contributed by atoms with Crippen molar-refractivity contribution in [2.75, 3.05) is 40.4 Å². The number of halogens is 1. The third-order valence-electron chi connectivity index (χ3n) is 4.85. The van der Waals surface area contributed by atoms with Crippen LogP contribution in [0.3, 0.4) is 0 Å². The lowest BCUT2D eigenvalue weighted by molar-refractivity contribution is 0.172. The highest BCUT2D eigenvalue weighted by atomic mass is 79.9. The Kier molecular flexibility index (Phi) is 7.22. The monoisotopic (exact) mass is 497 g/mol. The van der Waals surface area contributed by atoms with Crippen molar-refractivity contribution in [3.63, 3.8) is 0 Å². The summed E-state index contributed by atoms with van der Waals surface area (Å²) in [6.07, 6.45) is 0. The van der Waals surface area contributed by atoms with Crippen molar-refractivity contribution in [3.05, 3.63) is 52.5 Å². The predicted molar refractivity (Wildman–Crippen MR) is 116 cm³/mol. The zero-order valence-corrected chi connectivity index (χ0v) is 19.2. The Labute approximate surface area is 184 Å². The van der Waals surface area contributed by atoms with Gasteiger partial charge in [-0.1, -0.05) is 28.1 Å². The van der Waals surface area contributed by atoms with Gasteiger partial charge < -0.3 is 19.7 Å². The molecule has 2 aromatic carbocycles. The summed E-state index contributed by atoms with van der Waals surface area (Å²) in [5, 5.41) is 2.88. The van der Waals surface area contributed by atoms with E-state index in [0.717, 1.165) is 10.0 Å². The average molecular weight is 498 g/mol. The van der Waals surface area contributed by atoms with E-state index in [1.165, 1.54) is 30.7 Å². The van der Waals surface area contributed by atoms with E-state index < -0.39 is 10.0 Å². The molecule has 0 aromatic heterocycles. The molecule has 162 valence electrons. The number of benzene rings is 2. The maximum Gasteiger partial charge on any atom is 0.317 e. The Morgan fingerprint density at radius 3 is 2.37 bits per heavy atom. The van der Waals surface area contributed by atoms with E-state index in [9.17, 15) is 13.2 Å². The quantitative estimate of drug-likeness (QED) is 0.662. The Morgan fingerprint density at radius 2 is 1.73 bits per heavy atom. The summed E-state index contributed by atoms with van der Waals surface area (Å²) in [5.74, 6) is 0.813. The molecule has 0 spiro atoms. The van der Waals surface area contributed by atoms with Gasteiger partial charge in [-0.3, -0.25) is 0 Å². The zero-order valence-electron chi connectivity index (χ0n) is 16.8. The summed E-state index contributed by atoms with van der Waals surface area (Å²) in [7, 11) is -0.743. The normalized spacial score (nSPS) is 15.0. The molecule has 8 nitrogen and oxygen atoms in total. The third-order valence-corrected chi connectivity index (χ3v) is 7.24. The minimum absolute atomic E-state index is 0.132. The fourth-order valence-electron chi connectivity index (χ4n) is 3.19. The first-order valence-electron chi connectivity index (χ1n) is 9.34. The van der Waals surface area contributed by atoms with Crippen LogP contribution in [-0.4, -0.2) is 64.1 Å². The fraction of sp³-hybridized carbons (Fsp3) is 0.350. The van der Waals surface area contributed by atoms with Crippen LogP contribution in [-0.2, 0) is 16.6 Å². The first-order chi connectivity index (χ1) is 14.3. The number of methoxy groups -OCH3 is 2. The standard InChI is InChI=1S/C20H24BrN3O5S/c1-28-18-7-6-17(13-19(18)29-2)30(26,27)24-10-8-23(9-11-24)20(25)22-14-15-4-3-5-16(21)12-15/h3-7,12-13H,8-11,14H2,1-2H3,(H,22,25). The Morgan fingerprint density at radius 1 is 1.03 bits per heavy atom. The number of amides is 2. The van der Waals surface area contributed by atoms with E-state index in [1.54, 1.807) is 11.0 Å². The predicted octanol–water partition coefficient (Wildman–Crippen LogP) is 2.68. The van der Waals surface area contributed by atoms with Crippen LogP contribution in [0.25, 0.3) is 0 Å². The van der Waals surface area contributed by atoms with Gasteiger partial charge in [-0.25, -0.2) is 13.2 Å². The molecule has 1 saturated heterocycles. The minimum Gasteiger partial charge on any atom is -0.493 e. The number of nitrogens with one attached hydrogen (secondary N) is 1. The highest BCUT2D eigenvalue weighted by Crippen LogP contribution is 2.30. The van der Waals surface area contributed by atoms with E-state index in [0.29, 0.717) is 31.1 Å². The van der Waals surface area contributed by atoms with E-state index in [2.05, 4.69) is 21.2 Å². The van der Waals surface area contributed by atoms with E-state index in [1.807, 2.05) is 24.3 Å². The molecule has 0 saturated carbocycles. The summed E-state index contributed by atoms with van der Waals surface area (Å²) in [6.45, 7) is 1.48. The lowest BCUT2D eigenvalue weighted by Crippen LogP contribution is -2.52. The van der Waals surface area contributed by atoms with Crippen molar-refractivity contribution in [3.8, 4) is 11.5 Å². The van der Waals surface area contributed by atoms with Crippen LogP contribution in [0.2, 0.25) is 0 Å². The second-order valence-electron chi connectivity index (χ2n) is 6.70. The van der Waals surface area contributed by atoms with Crippen molar-refractivity contribution in [1.29, 1.82) is 0 Å². The Bertz CT molecular complexity index is 1010. The largest absolute Gasteiger partial charge is 0.493 e. The van der Waals surface area contributed by atoms with Crippen LogP contribution in [0.1, 0.15) is 5.56 Å². The molecule has 0 atom stereocenters. The van der Waals surface area contributed by atoms with Crippen LogP contribution in [0.15, 0.2) is 51.8 Å². The van der Waals surface area contributed by atoms with Crippen LogP contribution >= 0.6 is 15.9 Å². The van der Waals surface area contributed by atoms with Crippen molar-refractivity contribution in [1.82, 2.24) is 14.5 Å². The van der Waals surface area contributed by atoms with Crippen LogP contribution in [0.5, 0.6) is 11.5 Å². The number of hydrogen-bond acceptors (Lipinski definition) is 5. The van der Waals surface area contributed by atoms with Crippen LogP contribution < -0.4 is 14.8 Å². The van der Waals surface area contributed by atoms with Gasteiger partial charge in [0, 0.05) is 43.3 Å². The third kappa shape index (κ3) is 5.05. The van der Waals surface area contributed by atoms with Gasteiger partial charge in [0.05, 0.1) is 19.1 Å². The summed E-state index contributed by atoms with van der Waals surface area (Å²) in [4.78, 5) is 14.2. The molecule has 1 aliphatic heterocycles. The van der Waals surface area contributed by atoms with Gasteiger partial charge in [0.2, 0.25) is 10.0 Å². The molecule has 2 aromatic rings. The first kappa shape index (κ1) is 22.4. The minimum atomic E-state index is -3.69. The number of rotatable bonds is 6. The number of hydrogen-bond donors (Lipinski definition) is 1. The van der Waals surface area contributed by atoms with Crippen LogP contribution in [0, 0.1) is 0 Å². The summed E-state index contributed by atoms with van der Waals surface area (Å²) in [6, 6.07) is 12.0. The summed E-state index contributed by atoms with van der Waals surface area (Å²) < 4.78 is 38.7. The molecule has 1 heterocycles. The first-order valence-corrected chi connectivity index (χ1v) is 11.6. The number of piperazine rings is 1. The highest BCUT2D eigenvalue weighted by Gasteiger charge is 2.30. The lowest BCUT2D eigenvalue weighted by atomic mass is 10.2. The van der Waals surface area contributed by atoms with Crippen LogP contribution in [0.4, 0.5) is 4.79 Å². The van der Waals surface area contributed by atoms with Gasteiger partial charge in [0.25, 0.3) is 0 Å². The topological polar surface area (TPSA) is 88.2 Å². The molecule has 1 aliphatic rings. The number of sulfonamides is 1. The number of carbonyl (C=O) groups is 1. The fourth-order valence-corrected chi connectivity index (χ4v) is 5.08. The number of urea groups is 1. The molecule has 2 amide bonds. The Balaban J connectivity index is 1.59. The average Bonchev–Trinajstić information content (AvgIpc) is 2.77. The molecule has 0 radical (unpaired) electrons. The number of nitrogens with zero attached hydrogens (tertiary/aromatic N) is 2. The SMILES string of the molecule is COc1ccc(S(=O)(=O)N2CCN(C(=O)NCc3cccc(Br)c3)CC2)cc1OC. The molecule has 30 heavy (non-hydrogen) atoms. The summed E-state index contributed by atoms with van der Waals surface area (Å²) >= 11 is 3.41. The Hall–Kier alpha value is -2.30. The van der Waals surface area contributed by atoms with E-state index in [-0.39, 0.29) is 24.0 Å².